The molecule has 4 heteroatoms. The largest absolute Gasteiger partial charge is 0.341 e. The van der Waals surface area contributed by atoms with E-state index in [1.807, 2.05) is 0 Å². The molecule has 1 aliphatic rings. The molecule has 0 spiro atoms. The maximum Gasteiger partial charge on any atom is 0.256 e. The van der Waals surface area contributed by atoms with Gasteiger partial charge in [-0.15, -0.1) is 0 Å². The standard InChI is InChI=1S/C15H19BrFNO/c1-18(10-11-5-3-2-4-6-11)15(19)13-8-7-12(16)9-14(13)17/h7-9,11H,2-6,10H2,1H3. The molecule has 0 bridgehead atoms. The first kappa shape index (κ1) is 14.5. The third kappa shape index (κ3) is 3.78. The van der Waals surface area contributed by atoms with Gasteiger partial charge in [0, 0.05) is 18.1 Å². The van der Waals surface area contributed by atoms with Crippen molar-refractivity contribution in [3.8, 4) is 0 Å². The van der Waals surface area contributed by atoms with Crippen molar-refractivity contribution >= 4 is 21.8 Å². The van der Waals surface area contributed by atoms with Crippen LogP contribution in [0.5, 0.6) is 0 Å². The number of halogens is 2. The summed E-state index contributed by atoms with van der Waals surface area (Å²) in [4.78, 5) is 13.9. The summed E-state index contributed by atoms with van der Waals surface area (Å²) in [5.41, 5.74) is 0.154. The Morgan fingerprint density at radius 2 is 2.05 bits per heavy atom. The molecule has 0 aliphatic heterocycles. The van der Waals surface area contributed by atoms with Gasteiger partial charge >= 0.3 is 0 Å². The van der Waals surface area contributed by atoms with Crippen molar-refractivity contribution in [2.75, 3.05) is 13.6 Å². The number of rotatable bonds is 3. The van der Waals surface area contributed by atoms with Crippen molar-refractivity contribution in [1.29, 1.82) is 0 Å². The Hall–Kier alpha value is -0.900. The minimum atomic E-state index is -0.463. The van der Waals surface area contributed by atoms with Crippen molar-refractivity contribution in [2.24, 2.45) is 5.92 Å². The van der Waals surface area contributed by atoms with E-state index in [9.17, 15) is 9.18 Å². The third-order valence-electron chi connectivity index (χ3n) is 3.77. The second-order valence-electron chi connectivity index (χ2n) is 5.31. The van der Waals surface area contributed by atoms with Crippen LogP contribution in [0.25, 0.3) is 0 Å². The molecule has 0 atom stereocenters. The first-order chi connectivity index (χ1) is 9.08. The summed E-state index contributed by atoms with van der Waals surface area (Å²) in [5.74, 6) is -0.119. The SMILES string of the molecule is CN(CC1CCCCC1)C(=O)c1ccc(Br)cc1F. The quantitative estimate of drug-likeness (QED) is 0.813. The minimum Gasteiger partial charge on any atom is -0.341 e. The van der Waals surface area contributed by atoms with Gasteiger partial charge in [-0.25, -0.2) is 4.39 Å². The predicted octanol–water partition coefficient (Wildman–Crippen LogP) is 4.24. The fourth-order valence-electron chi connectivity index (χ4n) is 2.71. The molecule has 1 fully saturated rings. The van der Waals surface area contributed by atoms with Gasteiger partial charge < -0.3 is 4.90 Å². The molecule has 0 N–H and O–H groups in total. The van der Waals surface area contributed by atoms with Crippen molar-refractivity contribution in [3.63, 3.8) is 0 Å². The van der Waals surface area contributed by atoms with Crippen LogP contribution in [0.3, 0.4) is 0 Å². The van der Waals surface area contributed by atoms with Gasteiger partial charge in [-0.2, -0.15) is 0 Å². The highest BCUT2D eigenvalue weighted by atomic mass is 79.9. The van der Waals surface area contributed by atoms with Gasteiger partial charge in [0.1, 0.15) is 5.82 Å². The summed E-state index contributed by atoms with van der Waals surface area (Å²) in [6.45, 7) is 0.730. The van der Waals surface area contributed by atoms with Crippen molar-refractivity contribution in [1.82, 2.24) is 4.90 Å². The topological polar surface area (TPSA) is 20.3 Å². The van der Waals surface area contributed by atoms with E-state index in [0.717, 1.165) is 6.54 Å². The number of carbonyl (C=O) groups is 1. The highest BCUT2D eigenvalue weighted by molar-refractivity contribution is 9.10. The van der Waals surface area contributed by atoms with Crippen LogP contribution in [0, 0.1) is 11.7 Å². The first-order valence-electron chi connectivity index (χ1n) is 6.78. The summed E-state index contributed by atoms with van der Waals surface area (Å²) < 4.78 is 14.4. The average molecular weight is 328 g/mol. The van der Waals surface area contributed by atoms with Gasteiger partial charge in [0.2, 0.25) is 0 Å². The summed E-state index contributed by atoms with van der Waals surface area (Å²) in [6.07, 6.45) is 6.16. The summed E-state index contributed by atoms with van der Waals surface area (Å²) in [5, 5.41) is 0. The molecule has 19 heavy (non-hydrogen) atoms. The van der Waals surface area contributed by atoms with Gasteiger partial charge in [0.15, 0.2) is 0 Å². The van der Waals surface area contributed by atoms with Crippen LogP contribution in [0.1, 0.15) is 42.5 Å². The molecule has 1 aromatic rings. The molecule has 1 saturated carbocycles. The molecule has 1 aliphatic carbocycles. The van der Waals surface area contributed by atoms with Crippen LogP contribution >= 0.6 is 15.9 Å². The number of hydrogen-bond acceptors (Lipinski definition) is 1. The molecular formula is C15H19BrFNO. The predicted molar refractivity (Wildman–Crippen MR) is 77.6 cm³/mol. The van der Waals surface area contributed by atoms with Crippen molar-refractivity contribution in [2.45, 2.75) is 32.1 Å². The van der Waals surface area contributed by atoms with E-state index < -0.39 is 5.82 Å². The fraction of sp³-hybridized carbons (Fsp3) is 0.533. The van der Waals surface area contributed by atoms with Crippen molar-refractivity contribution in [3.05, 3.63) is 34.1 Å². The maximum atomic E-state index is 13.8. The highest BCUT2D eigenvalue weighted by Crippen LogP contribution is 2.25. The Kier molecular flexibility index (Phi) is 4.97. The zero-order valence-corrected chi connectivity index (χ0v) is 12.7. The minimum absolute atomic E-state index is 0.154. The van der Waals surface area contributed by atoms with E-state index in [1.54, 1.807) is 24.1 Å². The Balaban J connectivity index is 2.01. The van der Waals surface area contributed by atoms with Gasteiger partial charge in [-0.3, -0.25) is 4.79 Å². The van der Waals surface area contributed by atoms with Crippen LogP contribution in [0.4, 0.5) is 4.39 Å². The van der Waals surface area contributed by atoms with E-state index in [-0.39, 0.29) is 11.5 Å². The van der Waals surface area contributed by atoms with Gasteiger partial charge in [0.05, 0.1) is 5.56 Å². The molecule has 104 valence electrons. The normalized spacial score (nSPS) is 16.4. The fourth-order valence-corrected chi connectivity index (χ4v) is 3.04. The van der Waals surface area contributed by atoms with E-state index in [1.165, 1.54) is 38.2 Å². The summed E-state index contributed by atoms with van der Waals surface area (Å²) in [7, 11) is 1.76. The smallest absolute Gasteiger partial charge is 0.256 e. The highest BCUT2D eigenvalue weighted by Gasteiger charge is 2.21. The Labute approximate surface area is 122 Å². The third-order valence-corrected chi connectivity index (χ3v) is 4.26. The van der Waals surface area contributed by atoms with Gasteiger partial charge in [-0.1, -0.05) is 35.2 Å². The van der Waals surface area contributed by atoms with Gasteiger partial charge in [0.25, 0.3) is 5.91 Å². The van der Waals surface area contributed by atoms with E-state index in [2.05, 4.69) is 15.9 Å². The number of benzene rings is 1. The van der Waals surface area contributed by atoms with E-state index in [0.29, 0.717) is 10.4 Å². The molecule has 1 amide bonds. The second kappa shape index (κ2) is 6.51. The molecule has 1 aromatic carbocycles. The molecule has 0 heterocycles. The van der Waals surface area contributed by atoms with Crippen LogP contribution in [-0.2, 0) is 0 Å². The zero-order valence-electron chi connectivity index (χ0n) is 11.2. The number of carbonyl (C=O) groups excluding carboxylic acids is 1. The zero-order chi connectivity index (χ0) is 13.8. The van der Waals surface area contributed by atoms with Crippen LogP contribution in [0.2, 0.25) is 0 Å². The van der Waals surface area contributed by atoms with Crippen molar-refractivity contribution < 1.29 is 9.18 Å². The lowest BCUT2D eigenvalue weighted by atomic mass is 9.89. The Morgan fingerprint density at radius 1 is 1.37 bits per heavy atom. The number of nitrogens with zero attached hydrogens (tertiary/aromatic N) is 1. The van der Waals surface area contributed by atoms with E-state index in [4.69, 9.17) is 0 Å². The summed E-state index contributed by atoms with van der Waals surface area (Å²) >= 11 is 3.20. The number of hydrogen-bond donors (Lipinski definition) is 0. The Bertz CT molecular complexity index is 457. The van der Waals surface area contributed by atoms with E-state index >= 15 is 0 Å². The molecule has 0 radical (unpaired) electrons. The lowest BCUT2D eigenvalue weighted by Gasteiger charge is -2.27. The lowest BCUT2D eigenvalue weighted by Crippen LogP contribution is -2.33. The Morgan fingerprint density at radius 3 is 2.68 bits per heavy atom. The van der Waals surface area contributed by atoms with Crippen LogP contribution in [-0.4, -0.2) is 24.4 Å². The maximum absolute atomic E-state index is 13.8. The lowest BCUT2D eigenvalue weighted by molar-refractivity contribution is 0.0756. The second-order valence-corrected chi connectivity index (χ2v) is 6.23. The molecule has 0 unspecified atom stereocenters. The van der Waals surface area contributed by atoms with Crippen LogP contribution in [0.15, 0.2) is 22.7 Å². The molecule has 0 saturated heterocycles. The van der Waals surface area contributed by atoms with Crippen LogP contribution < -0.4 is 0 Å². The van der Waals surface area contributed by atoms with Gasteiger partial charge in [-0.05, 0) is 37.0 Å². The molecule has 0 aromatic heterocycles. The monoisotopic (exact) mass is 327 g/mol. The summed E-state index contributed by atoms with van der Waals surface area (Å²) in [6, 6.07) is 4.57. The average Bonchev–Trinajstić information content (AvgIpc) is 2.39. The molecular weight excluding hydrogens is 309 g/mol. The molecule has 2 nitrogen and oxygen atoms in total. The number of amides is 1. The molecule has 2 rings (SSSR count). The first-order valence-corrected chi connectivity index (χ1v) is 7.57.